The van der Waals surface area contributed by atoms with Crippen molar-refractivity contribution in [1.29, 1.82) is 0 Å². The Labute approximate surface area is 74.4 Å². The molecule has 0 aliphatic carbocycles. The third kappa shape index (κ3) is 1.02. The minimum Gasteiger partial charge on any atom is -0.506 e. The van der Waals surface area contributed by atoms with Crippen LogP contribution in [0.4, 0.5) is 0 Å². The lowest BCUT2D eigenvalue weighted by Crippen LogP contribution is -2.03. The highest BCUT2D eigenvalue weighted by molar-refractivity contribution is 5.84. The third-order valence-corrected chi connectivity index (χ3v) is 2.08. The van der Waals surface area contributed by atoms with Crippen LogP contribution in [-0.2, 0) is 6.54 Å². The predicted octanol–water partition coefficient (Wildman–Crippen LogP) is 1.06. The summed E-state index contributed by atoms with van der Waals surface area (Å²) in [7, 11) is 0. The van der Waals surface area contributed by atoms with Gasteiger partial charge in [0.25, 0.3) is 5.56 Å². The number of benzene rings is 1. The van der Waals surface area contributed by atoms with E-state index < -0.39 is 0 Å². The first-order valence-electron chi connectivity index (χ1n) is 4.14. The molecule has 2 aromatic rings. The van der Waals surface area contributed by atoms with E-state index in [1.807, 2.05) is 6.92 Å². The number of rotatable bonds is 1. The van der Waals surface area contributed by atoms with Crippen molar-refractivity contribution in [3.8, 4) is 5.75 Å². The molecule has 0 atom stereocenters. The summed E-state index contributed by atoms with van der Waals surface area (Å²) in [6, 6.07) is 4.93. The molecule has 0 bridgehead atoms. The van der Waals surface area contributed by atoms with Gasteiger partial charge in [0.05, 0.1) is 5.39 Å². The number of aryl methyl sites for hydroxylation is 1. The van der Waals surface area contributed by atoms with Gasteiger partial charge in [0.1, 0.15) is 11.3 Å². The first-order chi connectivity index (χ1) is 6.24. The van der Waals surface area contributed by atoms with Gasteiger partial charge in [-0.25, -0.2) is 0 Å². The Bertz CT molecular complexity index is 496. The molecule has 1 aromatic carbocycles. The Morgan fingerprint density at radius 2 is 2.31 bits per heavy atom. The third-order valence-electron chi connectivity index (χ3n) is 2.08. The number of aromatic hydroxyl groups is 1. The molecule has 0 fully saturated rings. The summed E-state index contributed by atoms with van der Waals surface area (Å²) in [4.78, 5) is 11.3. The molecule has 1 aromatic heterocycles. The highest BCUT2D eigenvalue weighted by atomic mass is 16.3. The number of aromatic amines is 1. The van der Waals surface area contributed by atoms with E-state index in [1.54, 1.807) is 22.9 Å². The summed E-state index contributed by atoms with van der Waals surface area (Å²) in [6.07, 6.45) is 0. The van der Waals surface area contributed by atoms with Crippen LogP contribution in [0.1, 0.15) is 6.92 Å². The lowest BCUT2D eigenvalue weighted by atomic mass is 10.2. The van der Waals surface area contributed by atoms with Crippen LogP contribution in [0, 0.1) is 0 Å². The number of aromatic nitrogens is 2. The van der Waals surface area contributed by atoms with Gasteiger partial charge in [-0.15, -0.1) is 0 Å². The van der Waals surface area contributed by atoms with Crippen molar-refractivity contribution in [3.63, 3.8) is 0 Å². The van der Waals surface area contributed by atoms with Crippen LogP contribution in [-0.4, -0.2) is 14.9 Å². The molecule has 13 heavy (non-hydrogen) atoms. The summed E-state index contributed by atoms with van der Waals surface area (Å²) < 4.78 is 1.63. The Kier molecular flexibility index (Phi) is 1.62. The zero-order valence-electron chi connectivity index (χ0n) is 7.24. The van der Waals surface area contributed by atoms with E-state index in [9.17, 15) is 9.90 Å². The molecule has 4 nitrogen and oxygen atoms in total. The number of hydrogen-bond donors (Lipinski definition) is 2. The number of nitrogens with one attached hydrogen (secondary N) is 1. The van der Waals surface area contributed by atoms with Crippen LogP contribution >= 0.6 is 0 Å². The average molecular weight is 178 g/mol. The van der Waals surface area contributed by atoms with E-state index in [2.05, 4.69) is 5.10 Å². The summed E-state index contributed by atoms with van der Waals surface area (Å²) in [6.45, 7) is 2.54. The van der Waals surface area contributed by atoms with Crippen molar-refractivity contribution in [2.24, 2.45) is 0 Å². The Hall–Kier alpha value is -1.71. The van der Waals surface area contributed by atoms with Crippen molar-refractivity contribution in [1.82, 2.24) is 9.78 Å². The minimum atomic E-state index is -0.159. The SMILES string of the molecule is CCn1[nH]c(=O)c2cccc(O)c21. The van der Waals surface area contributed by atoms with Crippen molar-refractivity contribution < 1.29 is 5.11 Å². The van der Waals surface area contributed by atoms with Gasteiger partial charge in [-0.3, -0.25) is 14.6 Å². The summed E-state index contributed by atoms with van der Waals surface area (Å²) >= 11 is 0. The molecule has 1 heterocycles. The minimum absolute atomic E-state index is 0.137. The highest BCUT2D eigenvalue weighted by Crippen LogP contribution is 2.20. The zero-order chi connectivity index (χ0) is 9.42. The maximum Gasteiger partial charge on any atom is 0.272 e. The lowest BCUT2D eigenvalue weighted by molar-refractivity contribution is 0.476. The topological polar surface area (TPSA) is 58.0 Å². The Morgan fingerprint density at radius 1 is 1.54 bits per heavy atom. The lowest BCUT2D eigenvalue weighted by Gasteiger charge is -2.00. The number of phenolic OH excluding ortho intramolecular Hbond substituents is 1. The number of hydrogen-bond acceptors (Lipinski definition) is 2. The Balaban J connectivity index is 2.97. The molecule has 68 valence electrons. The first kappa shape index (κ1) is 7.91. The summed E-state index contributed by atoms with van der Waals surface area (Å²) in [5.41, 5.74) is 0.419. The molecule has 0 saturated carbocycles. The van der Waals surface area contributed by atoms with Crippen molar-refractivity contribution >= 4 is 10.9 Å². The highest BCUT2D eigenvalue weighted by Gasteiger charge is 2.07. The van der Waals surface area contributed by atoms with Gasteiger partial charge < -0.3 is 5.11 Å². The number of para-hydroxylation sites is 1. The maximum atomic E-state index is 11.3. The fraction of sp³-hybridized carbons (Fsp3) is 0.222. The van der Waals surface area contributed by atoms with Crippen LogP contribution in [0.25, 0.3) is 10.9 Å². The second kappa shape index (κ2) is 2.65. The van der Waals surface area contributed by atoms with Crippen molar-refractivity contribution in [2.45, 2.75) is 13.5 Å². The number of H-pyrrole nitrogens is 1. The van der Waals surface area contributed by atoms with E-state index in [4.69, 9.17) is 0 Å². The molecule has 2 N–H and O–H groups in total. The standard InChI is InChI=1S/C9H10N2O2/c1-2-11-8-6(9(13)10-11)4-3-5-7(8)12/h3-5,12H,2H2,1H3,(H,10,13). The maximum absolute atomic E-state index is 11.3. The number of nitrogens with zero attached hydrogens (tertiary/aromatic N) is 1. The number of phenols is 1. The van der Waals surface area contributed by atoms with E-state index >= 15 is 0 Å². The van der Waals surface area contributed by atoms with Crippen LogP contribution in [0.2, 0.25) is 0 Å². The number of fused-ring (bicyclic) bond motifs is 1. The molecule has 4 heteroatoms. The molecule has 0 aliphatic heterocycles. The van der Waals surface area contributed by atoms with Crippen LogP contribution < -0.4 is 5.56 Å². The molecule has 0 radical (unpaired) electrons. The van der Waals surface area contributed by atoms with E-state index in [0.29, 0.717) is 17.4 Å². The average Bonchev–Trinajstić information content (AvgIpc) is 2.45. The van der Waals surface area contributed by atoms with Crippen LogP contribution in [0.3, 0.4) is 0 Å². The van der Waals surface area contributed by atoms with Crippen molar-refractivity contribution in [2.75, 3.05) is 0 Å². The van der Waals surface area contributed by atoms with Gasteiger partial charge >= 0.3 is 0 Å². The molecular weight excluding hydrogens is 168 g/mol. The summed E-state index contributed by atoms with van der Waals surface area (Å²) in [5, 5.41) is 12.7. The second-order valence-electron chi connectivity index (χ2n) is 2.86. The van der Waals surface area contributed by atoms with Gasteiger partial charge in [0.2, 0.25) is 0 Å². The van der Waals surface area contributed by atoms with Gasteiger partial charge in [-0.2, -0.15) is 0 Å². The molecule has 0 saturated heterocycles. The fourth-order valence-corrected chi connectivity index (χ4v) is 1.47. The molecule has 0 aliphatic rings. The summed E-state index contributed by atoms with van der Waals surface area (Å²) in [5.74, 6) is 0.137. The van der Waals surface area contributed by atoms with E-state index in [-0.39, 0.29) is 11.3 Å². The largest absolute Gasteiger partial charge is 0.506 e. The van der Waals surface area contributed by atoms with Crippen molar-refractivity contribution in [3.05, 3.63) is 28.6 Å². The van der Waals surface area contributed by atoms with Crippen LogP contribution in [0.5, 0.6) is 5.75 Å². The molecule has 0 amide bonds. The normalized spacial score (nSPS) is 10.8. The smallest absolute Gasteiger partial charge is 0.272 e. The molecule has 0 unspecified atom stereocenters. The van der Waals surface area contributed by atoms with E-state index in [1.165, 1.54) is 0 Å². The molecule has 0 spiro atoms. The van der Waals surface area contributed by atoms with Gasteiger partial charge in [-0.1, -0.05) is 6.07 Å². The molecular formula is C9H10N2O2. The van der Waals surface area contributed by atoms with Crippen LogP contribution in [0.15, 0.2) is 23.0 Å². The Morgan fingerprint density at radius 3 is 3.00 bits per heavy atom. The van der Waals surface area contributed by atoms with Gasteiger partial charge in [0.15, 0.2) is 0 Å². The van der Waals surface area contributed by atoms with Gasteiger partial charge in [-0.05, 0) is 19.1 Å². The predicted molar refractivity (Wildman–Crippen MR) is 49.9 cm³/mol. The quantitative estimate of drug-likeness (QED) is 0.685. The second-order valence-corrected chi connectivity index (χ2v) is 2.86. The van der Waals surface area contributed by atoms with Gasteiger partial charge in [0, 0.05) is 6.54 Å². The fourth-order valence-electron chi connectivity index (χ4n) is 1.47. The van der Waals surface area contributed by atoms with E-state index in [0.717, 1.165) is 0 Å². The first-order valence-corrected chi connectivity index (χ1v) is 4.14. The molecule has 2 rings (SSSR count). The monoisotopic (exact) mass is 178 g/mol. The zero-order valence-corrected chi connectivity index (χ0v) is 7.24.